The summed E-state index contributed by atoms with van der Waals surface area (Å²) < 4.78 is 19.3. The van der Waals surface area contributed by atoms with Gasteiger partial charge in [-0.1, -0.05) is 11.8 Å². The molecule has 0 aliphatic carbocycles. The van der Waals surface area contributed by atoms with Crippen molar-refractivity contribution in [1.29, 1.82) is 0 Å². The fraction of sp³-hybridized carbons (Fsp3) is 0.438. The van der Waals surface area contributed by atoms with E-state index in [0.717, 1.165) is 0 Å². The molecule has 0 aliphatic heterocycles. The van der Waals surface area contributed by atoms with Crippen molar-refractivity contribution in [2.75, 3.05) is 19.8 Å². The lowest BCUT2D eigenvalue weighted by Crippen LogP contribution is -2.40. The molecule has 0 aliphatic rings. The number of hydrogen-bond donors (Lipinski definition) is 2. The number of carbonyl (C=O) groups excluding carboxylic acids is 1. The van der Waals surface area contributed by atoms with Gasteiger partial charge in [0.05, 0.1) is 11.2 Å². The Hall–Kier alpha value is -1.90. The van der Waals surface area contributed by atoms with Crippen LogP contribution in [0.3, 0.4) is 0 Å². The van der Waals surface area contributed by atoms with Crippen molar-refractivity contribution in [3.8, 4) is 11.8 Å². The van der Waals surface area contributed by atoms with Gasteiger partial charge < -0.3 is 15.2 Å². The molecule has 1 rings (SSSR count). The molecule has 0 bridgehead atoms. The molecular formula is C16H20FNO3. The molecule has 2 N–H and O–H groups in total. The minimum Gasteiger partial charge on any atom is -0.384 e. The van der Waals surface area contributed by atoms with Crippen LogP contribution in [0.25, 0.3) is 0 Å². The van der Waals surface area contributed by atoms with Crippen LogP contribution in [-0.4, -0.2) is 36.4 Å². The first kappa shape index (κ1) is 17.2. The third-order valence-corrected chi connectivity index (χ3v) is 2.74. The number of amides is 1. The molecule has 1 aromatic carbocycles. The molecule has 1 amide bonds. The molecule has 4 nitrogen and oxygen atoms in total. The lowest BCUT2D eigenvalue weighted by atomic mass is 10.1. The molecule has 0 aromatic heterocycles. The van der Waals surface area contributed by atoms with Crippen LogP contribution in [0.2, 0.25) is 0 Å². The highest BCUT2D eigenvalue weighted by molar-refractivity contribution is 5.94. The van der Waals surface area contributed by atoms with E-state index >= 15 is 0 Å². The molecule has 21 heavy (non-hydrogen) atoms. The van der Waals surface area contributed by atoms with Crippen LogP contribution >= 0.6 is 0 Å². The Balaban J connectivity index is 2.75. The predicted molar refractivity (Wildman–Crippen MR) is 78.4 cm³/mol. The number of carbonyl (C=O) groups is 1. The number of aliphatic hydroxyl groups is 1. The first-order valence-corrected chi connectivity index (χ1v) is 6.71. The Bertz CT molecular complexity index is 558. The molecule has 0 saturated carbocycles. The van der Waals surface area contributed by atoms with Crippen molar-refractivity contribution in [1.82, 2.24) is 5.32 Å². The van der Waals surface area contributed by atoms with Crippen LogP contribution < -0.4 is 5.32 Å². The maximum atomic E-state index is 13.9. The maximum Gasteiger partial charge on any atom is 0.254 e. The van der Waals surface area contributed by atoms with Crippen LogP contribution in [0.1, 0.15) is 36.7 Å². The van der Waals surface area contributed by atoms with E-state index < -0.39 is 17.3 Å². The molecule has 0 unspecified atom stereocenters. The normalized spacial score (nSPS) is 10.7. The van der Waals surface area contributed by atoms with Gasteiger partial charge in [0.15, 0.2) is 0 Å². The number of halogens is 1. The minimum atomic E-state index is -0.647. The van der Waals surface area contributed by atoms with E-state index in [9.17, 15) is 9.18 Å². The van der Waals surface area contributed by atoms with Crippen molar-refractivity contribution in [3.63, 3.8) is 0 Å². The molecule has 0 radical (unpaired) electrons. The minimum absolute atomic E-state index is 0.0446. The summed E-state index contributed by atoms with van der Waals surface area (Å²) in [6.45, 7) is 6.09. The van der Waals surface area contributed by atoms with E-state index in [4.69, 9.17) is 9.84 Å². The van der Waals surface area contributed by atoms with Gasteiger partial charge >= 0.3 is 0 Å². The largest absolute Gasteiger partial charge is 0.384 e. The van der Waals surface area contributed by atoms with E-state index in [0.29, 0.717) is 12.2 Å². The first-order chi connectivity index (χ1) is 9.89. The summed E-state index contributed by atoms with van der Waals surface area (Å²) >= 11 is 0. The van der Waals surface area contributed by atoms with Gasteiger partial charge in [0, 0.05) is 18.7 Å². The van der Waals surface area contributed by atoms with Crippen molar-refractivity contribution < 1.29 is 19.0 Å². The number of hydrogen-bond acceptors (Lipinski definition) is 3. The van der Waals surface area contributed by atoms with Crippen molar-refractivity contribution in [2.45, 2.75) is 26.4 Å². The SMILES string of the molecule is CCOC(C)(C)CNC(=O)c1ccc(C#CCO)cc1F. The summed E-state index contributed by atoms with van der Waals surface area (Å²) in [6, 6.07) is 4.08. The third kappa shape index (κ3) is 5.54. The highest BCUT2D eigenvalue weighted by Gasteiger charge is 2.20. The van der Waals surface area contributed by atoms with Crippen LogP contribution in [0.4, 0.5) is 4.39 Å². The van der Waals surface area contributed by atoms with E-state index in [2.05, 4.69) is 17.2 Å². The fourth-order valence-corrected chi connectivity index (χ4v) is 1.75. The number of nitrogens with one attached hydrogen (secondary N) is 1. The van der Waals surface area contributed by atoms with Gasteiger partial charge in [-0.15, -0.1) is 0 Å². The van der Waals surface area contributed by atoms with Gasteiger partial charge in [-0.2, -0.15) is 0 Å². The zero-order valence-corrected chi connectivity index (χ0v) is 12.5. The summed E-state index contributed by atoms with van der Waals surface area (Å²) in [6.07, 6.45) is 0. The van der Waals surface area contributed by atoms with Gasteiger partial charge in [0.2, 0.25) is 0 Å². The Labute approximate surface area is 124 Å². The molecule has 114 valence electrons. The van der Waals surface area contributed by atoms with Gasteiger partial charge in [-0.05, 0) is 39.0 Å². The highest BCUT2D eigenvalue weighted by atomic mass is 19.1. The summed E-state index contributed by atoms with van der Waals surface area (Å²) in [5, 5.41) is 11.2. The molecule has 0 fully saturated rings. The van der Waals surface area contributed by atoms with Gasteiger partial charge in [0.1, 0.15) is 12.4 Å². The lowest BCUT2D eigenvalue weighted by Gasteiger charge is -2.24. The lowest BCUT2D eigenvalue weighted by molar-refractivity contribution is -0.00818. The van der Waals surface area contributed by atoms with E-state index in [-0.39, 0.29) is 18.7 Å². The van der Waals surface area contributed by atoms with Crippen molar-refractivity contribution >= 4 is 5.91 Å². The predicted octanol–water partition coefficient (Wildman–Crippen LogP) is 1.71. The summed E-state index contributed by atoms with van der Waals surface area (Å²) in [4.78, 5) is 12.0. The van der Waals surface area contributed by atoms with Gasteiger partial charge in [0.25, 0.3) is 5.91 Å². The summed E-state index contributed by atoms with van der Waals surface area (Å²) in [5.74, 6) is 3.86. The molecule has 0 spiro atoms. The third-order valence-electron chi connectivity index (χ3n) is 2.74. The Morgan fingerprint density at radius 3 is 2.76 bits per heavy atom. The Kier molecular flexibility index (Phi) is 6.35. The van der Waals surface area contributed by atoms with E-state index in [1.165, 1.54) is 18.2 Å². The summed E-state index contributed by atoms with van der Waals surface area (Å²) in [5.41, 5.74) is -0.141. The fourth-order valence-electron chi connectivity index (χ4n) is 1.75. The second-order valence-corrected chi connectivity index (χ2v) is 5.03. The maximum absolute atomic E-state index is 13.9. The van der Waals surface area contributed by atoms with Crippen LogP contribution in [0.15, 0.2) is 18.2 Å². The molecule has 0 atom stereocenters. The van der Waals surface area contributed by atoms with E-state index in [1.54, 1.807) is 0 Å². The number of rotatable bonds is 5. The van der Waals surface area contributed by atoms with Crippen LogP contribution in [0.5, 0.6) is 0 Å². The topological polar surface area (TPSA) is 58.6 Å². The summed E-state index contributed by atoms with van der Waals surface area (Å²) in [7, 11) is 0. The quantitative estimate of drug-likeness (QED) is 0.813. The molecular weight excluding hydrogens is 273 g/mol. The van der Waals surface area contributed by atoms with Crippen LogP contribution in [0, 0.1) is 17.7 Å². The zero-order valence-electron chi connectivity index (χ0n) is 12.5. The Morgan fingerprint density at radius 2 is 2.19 bits per heavy atom. The number of aliphatic hydroxyl groups excluding tert-OH is 1. The highest BCUT2D eigenvalue weighted by Crippen LogP contribution is 2.11. The average Bonchev–Trinajstić information content (AvgIpc) is 2.42. The molecule has 5 heteroatoms. The number of ether oxygens (including phenoxy) is 1. The number of benzene rings is 1. The smallest absolute Gasteiger partial charge is 0.254 e. The molecule has 0 heterocycles. The Morgan fingerprint density at radius 1 is 1.48 bits per heavy atom. The van der Waals surface area contributed by atoms with Crippen LogP contribution in [-0.2, 0) is 4.74 Å². The molecule has 1 aromatic rings. The molecule has 0 saturated heterocycles. The second-order valence-electron chi connectivity index (χ2n) is 5.03. The van der Waals surface area contributed by atoms with Crippen molar-refractivity contribution in [3.05, 3.63) is 35.1 Å². The van der Waals surface area contributed by atoms with E-state index in [1.807, 2.05) is 20.8 Å². The zero-order chi connectivity index (χ0) is 15.9. The van der Waals surface area contributed by atoms with Gasteiger partial charge in [-0.25, -0.2) is 4.39 Å². The first-order valence-electron chi connectivity index (χ1n) is 6.71. The standard InChI is InChI=1S/C16H20FNO3/c1-4-21-16(2,3)11-18-15(20)13-8-7-12(6-5-9-19)10-14(13)17/h7-8,10,19H,4,9,11H2,1-3H3,(H,18,20). The average molecular weight is 293 g/mol. The second kappa shape index (κ2) is 7.77. The van der Waals surface area contributed by atoms with Crippen molar-refractivity contribution in [2.24, 2.45) is 0 Å². The van der Waals surface area contributed by atoms with Gasteiger partial charge in [-0.3, -0.25) is 4.79 Å². The monoisotopic (exact) mass is 293 g/mol.